The summed E-state index contributed by atoms with van der Waals surface area (Å²) >= 11 is 0. The number of carbonyl (C=O) groups is 4. The number of ether oxygens (including phenoxy) is 3. The predicted molar refractivity (Wildman–Crippen MR) is 86.5 cm³/mol. The van der Waals surface area contributed by atoms with Gasteiger partial charge in [0.1, 0.15) is 6.29 Å². The smallest absolute Gasteiger partial charge is 0.344 e. The summed E-state index contributed by atoms with van der Waals surface area (Å²) in [5, 5.41) is 4.81. The van der Waals surface area contributed by atoms with Gasteiger partial charge < -0.3 is 24.8 Å². The zero-order valence-corrected chi connectivity index (χ0v) is 14.0. The van der Waals surface area contributed by atoms with Crippen molar-refractivity contribution < 1.29 is 33.4 Å². The maximum Gasteiger partial charge on any atom is 0.344 e. The molecule has 25 heavy (non-hydrogen) atoms. The summed E-state index contributed by atoms with van der Waals surface area (Å²) in [6, 6.07) is 4.45. The molecule has 9 heteroatoms. The quantitative estimate of drug-likeness (QED) is 0.437. The third kappa shape index (κ3) is 7.34. The van der Waals surface area contributed by atoms with Crippen LogP contribution in [0.1, 0.15) is 17.3 Å². The molecular weight excluding hydrogens is 332 g/mol. The Morgan fingerprint density at radius 1 is 1.08 bits per heavy atom. The maximum absolute atomic E-state index is 11.6. The Bertz CT molecular complexity index is 631. The van der Waals surface area contributed by atoms with E-state index < -0.39 is 25.1 Å². The third-order valence-corrected chi connectivity index (χ3v) is 2.85. The van der Waals surface area contributed by atoms with Crippen molar-refractivity contribution in [2.75, 3.05) is 33.4 Å². The van der Waals surface area contributed by atoms with Gasteiger partial charge in [-0.1, -0.05) is 0 Å². The fourth-order valence-corrected chi connectivity index (χ4v) is 1.69. The minimum atomic E-state index is -0.769. The molecule has 0 spiro atoms. The van der Waals surface area contributed by atoms with Crippen LogP contribution in [-0.2, 0) is 19.1 Å². The van der Waals surface area contributed by atoms with Gasteiger partial charge in [-0.3, -0.25) is 14.4 Å². The molecule has 1 aromatic carbocycles. The topological polar surface area (TPSA) is 120 Å². The summed E-state index contributed by atoms with van der Waals surface area (Å²) in [6.45, 7) is 1.05. The molecule has 0 aromatic heterocycles. The van der Waals surface area contributed by atoms with E-state index in [9.17, 15) is 19.2 Å². The van der Waals surface area contributed by atoms with Crippen molar-refractivity contribution in [2.24, 2.45) is 0 Å². The lowest BCUT2D eigenvalue weighted by Crippen LogP contribution is -2.38. The molecule has 0 aliphatic heterocycles. The molecular formula is C16H20N2O7. The number of nitrogens with one attached hydrogen (secondary N) is 2. The SMILES string of the molecule is CCNC(=O)CNC(=O)COC(=O)COc1ccc(C=O)cc1OC. The Kier molecular flexibility index (Phi) is 8.48. The second-order valence-corrected chi connectivity index (χ2v) is 4.71. The van der Waals surface area contributed by atoms with Crippen molar-refractivity contribution in [1.29, 1.82) is 0 Å². The lowest BCUT2D eigenvalue weighted by Gasteiger charge is -2.11. The van der Waals surface area contributed by atoms with Crippen LogP contribution in [0.15, 0.2) is 18.2 Å². The van der Waals surface area contributed by atoms with E-state index in [2.05, 4.69) is 10.6 Å². The van der Waals surface area contributed by atoms with Crippen LogP contribution < -0.4 is 20.1 Å². The molecule has 0 radical (unpaired) electrons. The molecule has 9 nitrogen and oxygen atoms in total. The molecule has 0 bridgehead atoms. The van der Waals surface area contributed by atoms with Crippen LogP contribution >= 0.6 is 0 Å². The van der Waals surface area contributed by atoms with Gasteiger partial charge in [-0.25, -0.2) is 4.79 Å². The number of aldehydes is 1. The van der Waals surface area contributed by atoms with Gasteiger partial charge in [-0.15, -0.1) is 0 Å². The van der Waals surface area contributed by atoms with Gasteiger partial charge in [0.25, 0.3) is 5.91 Å². The zero-order valence-electron chi connectivity index (χ0n) is 14.0. The number of hydrogen-bond donors (Lipinski definition) is 2. The first-order valence-corrected chi connectivity index (χ1v) is 7.45. The number of likely N-dealkylation sites (N-methyl/N-ethyl adjacent to an activating group) is 1. The number of esters is 1. The first-order valence-electron chi connectivity index (χ1n) is 7.45. The van der Waals surface area contributed by atoms with Gasteiger partial charge in [-0.2, -0.15) is 0 Å². The van der Waals surface area contributed by atoms with Gasteiger partial charge >= 0.3 is 5.97 Å². The summed E-state index contributed by atoms with van der Waals surface area (Å²) in [5.74, 6) is -1.17. The second-order valence-electron chi connectivity index (χ2n) is 4.71. The Hall–Kier alpha value is -3.10. The molecule has 2 amide bonds. The molecule has 0 heterocycles. The van der Waals surface area contributed by atoms with E-state index in [1.165, 1.54) is 25.3 Å². The molecule has 0 aliphatic rings. The molecule has 0 saturated carbocycles. The van der Waals surface area contributed by atoms with Crippen LogP contribution in [0.5, 0.6) is 11.5 Å². The van der Waals surface area contributed by atoms with E-state index in [0.717, 1.165) is 0 Å². The molecule has 0 fully saturated rings. The number of benzene rings is 1. The van der Waals surface area contributed by atoms with Gasteiger partial charge in [-0.05, 0) is 25.1 Å². The molecule has 0 unspecified atom stereocenters. The van der Waals surface area contributed by atoms with Crippen molar-refractivity contribution in [1.82, 2.24) is 10.6 Å². The summed E-state index contributed by atoms with van der Waals surface area (Å²) in [7, 11) is 1.40. The van der Waals surface area contributed by atoms with Crippen LogP contribution in [0.2, 0.25) is 0 Å². The Morgan fingerprint density at radius 2 is 1.84 bits per heavy atom. The normalized spacial score (nSPS) is 9.68. The van der Waals surface area contributed by atoms with Crippen molar-refractivity contribution >= 4 is 24.1 Å². The molecule has 0 atom stereocenters. The average Bonchev–Trinajstić information content (AvgIpc) is 2.62. The maximum atomic E-state index is 11.6. The van der Waals surface area contributed by atoms with E-state index in [-0.39, 0.29) is 24.0 Å². The number of rotatable bonds is 10. The fraction of sp³-hybridized carbons (Fsp3) is 0.375. The highest BCUT2D eigenvalue weighted by Gasteiger charge is 2.12. The summed E-state index contributed by atoms with van der Waals surface area (Å²) < 4.78 is 15.0. The average molecular weight is 352 g/mol. The first kappa shape index (κ1) is 19.9. The van der Waals surface area contributed by atoms with E-state index in [4.69, 9.17) is 14.2 Å². The number of amides is 2. The van der Waals surface area contributed by atoms with Crippen molar-refractivity contribution in [3.63, 3.8) is 0 Å². The highest BCUT2D eigenvalue weighted by Crippen LogP contribution is 2.27. The number of methoxy groups -OCH3 is 1. The first-order chi connectivity index (χ1) is 12.0. The van der Waals surface area contributed by atoms with E-state index >= 15 is 0 Å². The zero-order chi connectivity index (χ0) is 18.7. The van der Waals surface area contributed by atoms with Gasteiger partial charge in [0.15, 0.2) is 24.7 Å². The minimum Gasteiger partial charge on any atom is -0.493 e. The molecule has 136 valence electrons. The highest BCUT2D eigenvalue weighted by atomic mass is 16.6. The Morgan fingerprint density at radius 3 is 2.48 bits per heavy atom. The van der Waals surface area contributed by atoms with Crippen molar-refractivity contribution in [2.45, 2.75) is 6.92 Å². The molecule has 1 rings (SSSR count). The lowest BCUT2D eigenvalue weighted by atomic mass is 10.2. The summed E-state index contributed by atoms with van der Waals surface area (Å²) in [4.78, 5) is 44.9. The standard InChI is InChI=1S/C16H20N2O7/c1-3-17-14(20)7-18-15(21)9-25-16(22)10-24-12-5-4-11(8-19)6-13(12)23-2/h4-6,8H,3,7,9-10H2,1-2H3,(H,17,20)(H,18,21). The van der Waals surface area contributed by atoms with E-state index in [1.807, 2.05) is 0 Å². The van der Waals surface area contributed by atoms with Crippen LogP contribution in [0.25, 0.3) is 0 Å². The van der Waals surface area contributed by atoms with Gasteiger partial charge in [0.05, 0.1) is 13.7 Å². The molecule has 1 aromatic rings. The Labute approximate surface area is 144 Å². The predicted octanol–water partition coefficient (Wildman–Crippen LogP) is -0.318. The van der Waals surface area contributed by atoms with Crippen LogP contribution in [0.4, 0.5) is 0 Å². The van der Waals surface area contributed by atoms with Crippen molar-refractivity contribution in [3.8, 4) is 11.5 Å². The lowest BCUT2D eigenvalue weighted by molar-refractivity contribution is -0.150. The second kappa shape index (κ2) is 10.6. The minimum absolute atomic E-state index is 0.193. The van der Waals surface area contributed by atoms with Gasteiger partial charge in [0.2, 0.25) is 5.91 Å². The van der Waals surface area contributed by atoms with Crippen LogP contribution in [0, 0.1) is 0 Å². The number of carbonyl (C=O) groups excluding carboxylic acids is 4. The largest absolute Gasteiger partial charge is 0.493 e. The van der Waals surface area contributed by atoms with Crippen molar-refractivity contribution in [3.05, 3.63) is 23.8 Å². The van der Waals surface area contributed by atoms with E-state index in [1.54, 1.807) is 6.92 Å². The van der Waals surface area contributed by atoms with E-state index in [0.29, 0.717) is 18.4 Å². The number of hydrogen-bond acceptors (Lipinski definition) is 7. The van der Waals surface area contributed by atoms with Crippen LogP contribution in [0.3, 0.4) is 0 Å². The molecule has 0 saturated heterocycles. The highest BCUT2D eigenvalue weighted by molar-refractivity contribution is 5.86. The summed E-state index contributed by atoms with van der Waals surface area (Å²) in [5.41, 5.74) is 0.399. The third-order valence-electron chi connectivity index (χ3n) is 2.85. The van der Waals surface area contributed by atoms with Gasteiger partial charge in [0, 0.05) is 12.1 Å². The fourth-order valence-electron chi connectivity index (χ4n) is 1.69. The molecule has 0 aliphatic carbocycles. The Balaban J connectivity index is 2.36. The molecule has 2 N–H and O–H groups in total. The summed E-state index contributed by atoms with van der Waals surface area (Å²) in [6.07, 6.45) is 0.653. The van der Waals surface area contributed by atoms with Crippen LogP contribution in [-0.4, -0.2) is 57.5 Å². The monoisotopic (exact) mass is 352 g/mol.